The smallest absolute Gasteiger partial charge is 0.0485 e. The average Bonchev–Trinajstić information content (AvgIpc) is 2.26. The molecule has 0 heterocycles. The van der Waals surface area contributed by atoms with Gasteiger partial charge in [0.1, 0.15) is 0 Å². The Labute approximate surface area is 94.3 Å². The summed E-state index contributed by atoms with van der Waals surface area (Å²) < 4.78 is 0. The van der Waals surface area contributed by atoms with Crippen LogP contribution < -0.4 is 5.73 Å². The monoisotopic (exact) mass is 215 g/mol. The Morgan fingerprint density at radius 3 is 2.40 bits per heavy atom. The van der Waals surface area contributed by atoms with Crippen LogP contribution in [0.4, 0.5) is 5.69 Å². The molecule has 2 aromatic carbocycles. The summed E-state index contributed by atoms with van der Waals surface area (Å²) in [4.78, 5) is 2.34. The molecule has 0 aliphatic rings. The highest BCUT2D eigenvalue weighted by atomic mass is 32.2. The van der Waals surface area contributed by atoms with Crippen molar-refractivity contribution in [2.45, 2.75) is 16.7 Å². The molecule has 0 unspecified atom stereocenters. The van der Waals surface area contributed by atoms with Crippen molar-refractivity contribution in [2.24, 2.45) is 0 Å². The number of aryl methyl sites for hydroxylation is 1. The number of hydrogen-bond acceptors (Lipinski definition) is 2. The Morgan fingerprint density at radius 1 is 0.933 bits per heavy atom. The van der Waals surface area contributed by atoms with Crippen LogP contribution in [0, 0.1) is 6.92 Å². The Balaban J connectivity index is 2.29. The van der Waals surface area contributed by atoms with Crippen LogP contribution in [0.1, 0.15) is 5.56 Å². The van der Waals surface area contributed by atoms with Gasteiger partial charge in [0.15, 0.2) is 0 Å². The minimum absolute atomic E-state index is 0.881. The topological polar surface area (TPSA) is 26.0 Å². The Morgan fingerprint density at radius 2 is 1.67 bits per heavy atom. The molecule has 0 radical (unpaired) electrons. The fraction of sp³-hybridized carbons (Fsp3) is 0.0769. The first-order valence-corrected chi connectivity index (χ1v) is 5.67. The quantitative estimate of drug-likeness (QED) is 0.772. The van der Waals surface area contributed by atoms with Crippen LogP contribution in [0.25, 0.3) is 0 Å². The maximum absolute atomic E-state index is 6.01. The summed E-state index contributed by atoms with van der Waals surface area (Å²) >= 11 is 1.70. The van der Waals surface area contributed by atoms with Crippen LogP contribution in [0.3, 0.4) is 0 Å². The van der Waals surface area contributed by atoms with Crippen molar-refractivity contribution in [1.29, 1.82) is 0 Å². The van der Waals surface area contributed by atoms with E-state index in [2.05, 4.69) is 18.2 Å². The second-order valence-electron chi connectivity index (χ2n) is 3.40. The van der Waals surface area contributed by atoms with E-state index >= 15 is 0 Å². The fourth-order valence-corrected chi connectivity index (χ4v) is 2.32. The van der Waals surface area contributed by atoms with Gasteiger partial charge in [-0.2, -0.15) is 0 Å². The minimum atomic E-state index is 0.881. The molecule has 2 heteroatoms. The zero-order valence-electron chi connectivity index (χ0n) is 8.60. The number of para-hydroxylation sites is 1. The first kappa shape index (κ1) is 10.1. The number of nitrogen functional groups attached to an aromatic ring is 1. The number of rotatable bonds is 2. The highest BCUT2D eigenvalue weighted by molar-refractivity contribution is 7.99. The summed E-state index contributed by atoms with van der Waals surface area (Å²) in [6.07, 6.45) is 0. The first-order chi connectivity index (χ1) is 7.27. The van der Waals surface area contributed by atoms with Gasteiger partial charge in [0.25, 0.3) is 0 Å². The van der Waals surface area contributed by atoms with E-state index in [0.29, 0.717) is 0 Å². The summed E-state index contributed by atoms with van der Waals surface area (Å²) in [5.74, 6) is 0. The number of nitrogens with two attached hydrogens (primary N) is 1. The normalized spacial score (nSPS) is 10.2. The molecule has 1 nitrogen and oxygen atoms in total. The molecule has 0 aliphatic heterocycles. The van der Waals surface area contributed by atoms with Gasteiger partial charge in [0.05, 0.1) is 0 Å². The molecule has 2 rings (SSSR count). The minimum Gasteiger partial charge on any atom is -0.398 e. The van der Waals surface area contributed by atoms with Gasteiger partial charge in [-0.3, -0.25) is 0 Å². The van der Waals surface area contributed by atoms with Crippen LogP contribution in [0.2, 0.25) is 0 Å². The molecule has 0 amide bonds. The molecule has 0 bridgehead atoms. The second-order valence-corrected chi connectivity index (χ2v) is 4.52. The van der Waals surface area contributed by atoms with E-state index in [1.54, 1.807) is 11.8 Å². The van der Waals surface area contributed by atoms with Crippen LogP contribution in [-0.2, 0) is 0 Å². The molecule has 15 heavy (non-hydrogen) atoms. The van der Waals surface area contributed by atoms with Gasteiger partial charge in [-0.05, 0) is 30.7 Å². The lowest BCUT2D eigenvalue weighted by molar-refractivity contribution is 1.35. The number of anilines is 1. The van der Waals surface area contributed by atoms with Crippen molar-refractivity contribution in [1.82, 2.24) is 0 Å². The number of benzene rings is 2. The van der Waals surface area contributed by atoms with Crippen LogP contribution in [0.5, 0.6) is 0 Å². The second kappa shape index (κ2) is 4.41. The van der Waals surface area contributed by atoms with Crippen molar-refractivity contribution in [2.75, 3.05) is 5.73 Å². The highest BCUT2D eigenvalue weighted by Gasteiger charge is 2.02. The van der Waals surface area contributed by atoms with Crippen molar-refractivity contribution >= 4 is 17.4 Å². The summed E-state index contributed by atoms with van der Waals surface area (Å²) in [5, 5.41) is 0. The molecule has 0 aliphatic carbocycles. The van der Waals surface area contributed by atoms with E-state index in [1.807, 2.05) is 37.3 Å². The molecule has 76 valence electrons. The van der Waals surface area contributed by atoms with E-state index in [0.717, 1.165) is 16.1 Å². The molecule has 0 fully saturated rings. The van der Waals surface area contributed by atoms with Crippen LogP contribution in [0.15, 0.2) is 58.3 Å². The third-order valence-electron chi connectivity index (χ3n) is 2.26. The van der Waals surface area contributed by atoms with Crippen molar-refractivity contribution in [3.63, 3.8) is 0 Å². The maximum atomic E-state index is 6.01. The zero-order chi connectivity index (χ0) is 10.7. The summed E-state index contributed by atoms with van der Waals surface area (Å²) in [5.41, 5.74) is 8.03. The number of hydrogen-bond donors (Lipinski definition) is 1. The predicted molar refractivity (Wildman–Crippen MR) is 66.2 cm³/mol. The lowest BCUT2D eigenvalue weighted by Gasteiger charge is -2.07. The molecular weight excluding hydrogens is 202 g/mol. The van der Waals surface area contributed by atoms with Gasteiger partial charge in [0.2, 0.25) is 0 Å². The Kier molecular flexibility index (Phi) is 2.97. The molecule has 0 aromatic heterocycles. The lowest BCUT2D eigenvalue weighted by Crippen LogP contribution is -1.91. The van der Waals surface area contributed by atoms with E-state index < -0.39 is 0 Å². The fourth-order valence-electron chi connectivity index (χ4n) is 1.36. The predicted octanol–water partition coefficient (Wildman–Crippen LogP) is 3.73. The molecule has 0 saturated heterocycles. The van der Waals surface area contributed by atoms with Gasteiger partial charge < -0.3 is 5.73 Å². The standard InChI is InChI=1S/C13H13NS/c1-10-6-5-9-12(13(10)14)15-11-7-3-2-4-8-11/h2-9H,14H2,1H3. The first-order valence-electron chi connectivity index (χ1n) is 4.85. The maximum Gasteiger partial charge on any atom is 0.0485 e. The van der Waals surface area contributed by atoms with E-state index in [9.17, 15) is 0 Å². The molecule has 0 saturated carbocycles. The molecule has 0 atom stereocenters. The third-order valence-corrected chi connectivity index (χ3v) is 3.34. The molecule has 0 spiro atoms. The van der Waals surface area contributed by atoms with E-state index in [1.165, 1.54) is 4.90 Å². The highest BCUT2D eigenvalue weighted by Crippen LogP contribution is 2.33. The van der Waals surface area contributed by atoms with E-state index in [4.69, 9.17) is 5.73 Å². The summed E-state index contributed by atoms with van der Waals surface area (Å²) in [6.45, 7) is 2.03. The van der Waals surface area contributed by atoms with Gasteiger partial charge in [-0.25, -0.2) is 0 Å². The molecule has 2 aromatic rings. The van der Waals surface area contributed by atoms with E-state index in [-0.39, 0.29) is 0 Å². The van der Waals surface area contributed by atoms with Gasteiger partial charge in [-0.1, -0.05) is 42.1 Å². The SMILES string of the molecule is Cc1cccc(Sc2ccccc2)c1N. The van der Waals surface area contributed by atoms with Gasteiger partial charge in [0, 0.05) is 15.5 Å². The van der Waals surface area contributed by atoms with Crippen molar-refractivity contribution in [3.8, 4) is 0 Å². The van der Waals surface area contributed by atoms with Crippen molar-refractivity contribution in [3.05, 3.63) is 54.1 Å². The summed E-state index contributed by atoms with van der Waals surface area (Å²) in [7, 11) is 0. The Bertz CT molecular complexity index is 451. The largest absolute Gasteiger partial charge is 0.398 e. The van der Waals surface area contributed by atoms with Gasteiger partial charge in [-0.15, -0.1) is 0 Å². The van der Waals surface area contributed by atoms with Crippen LogP contribution >= 0.6 is 11.8 Å². The summed E-state index contributed by atoms with van der Waals surface area (Å²) in [6, 6.07) is 16.4. The van der Waals surface area contributed by atoms with Crippen LogP contribution in [-0.4, -0.2) is 0 Å². The lowest BCUT2D eigenvalue weighted by atomic mass is 10.2. The Hall–Kier alpha value is -1.41. The zero-order valence-corrected chi connectivity index (χ0v) is 9.42. The third kappa shape index (κ3) is 2.34. The van der Waals surface area contributed by atoms with Crippen molar-refractivity contribution < 1.29 is 0 Å². The molecule has 2 N–H and O–H groups in total. The van der Waals surface area contributed by atoms with Gasteiger partial charge >= 0.3 is 0 Å². The molecular formula is C13H13NS. The average molecular weight is 215 g/mol.